The number of carbonyl (C=O) groups excluding carboxylic acids is 2. The molecule has 168 valence electrons. The van der Waals surface area contributed by atoms with E-state index in [0.717, 1.165) is 0 Å². The van der Waals surface area contributed by atoms with E-state index < -0.39 is 18.0 Å². The third-order valence-electron chi connectivity index (χ3n) is 5.24. The summed E-state index contributed by atoms with van der Waals surface area (Å²) in [5.41, 5.74) is 2.57. The number of anilines is 1. The predicted octanol–water partition coefficient (Wildman–Crippen LogP) is 2.96. The second kappa shape index (κ2) is 8.01. The first-order chi connectivity index (χ1) is 15.9. The Bertz CT molecular complexity index is 1380. The molecule has 1 N–H and O–H groups in total. The van der Waals surface area contributed by atoms with Gasteiger partial charge in [0.2, 0.25) is 17.6 Å². The molecular formula is C22H19FN6O4. The van der Waals surface area contributed by atoms with Crippen LogP contribution in [0, 0.1) is 12.7 Å². The van der Waals surface area contributed by atoms with Crippen molar-refractivity contribution < 1.29 is 23.2 Å². The van der Waals surface area contributed by atoms with Crippen molar-refractivity contribution in [2.75, 3.05) is 18.0 Å². The van der Waals surface area contributed by atoms with Gasteiger partial charge in [0.05, 0.1) is 18.8 Å². The Kier molecular flexibility index (Phi) is 5.00. The summed E-state index contributed by atoms with van der Waals surface area (Å²) < 4.78 is 27.0. The van der Waals surface area contributed by atoms with E-state index >= 15 is 4.39 Å². The Labute approximate surface area is 187 Å². The Balaban J connectivity index is 1.39. The minimum absolute atomic E-state index is 0.203. The van der Waals surface area contributed by atoms with Crippen molar-refractivity contribution >= 4 is 23.3 Å². The van der Waals surface area contributed by atoms with Gasteiger partial charge in [-0.25, -0.2) is 14.2 Å². The van der Waals surface area contributed by atoms with Crippen molar-refractivity contribution in [3.05, 3.63) is 54.4 Å². The predicted molar refractivity (Wildman–Crippen MR) is 115 cm³/mol. The van der Waals surface area contributed by atoms with E-state index in [0.29, 0.717) is 39.9 Å². The number of rotatable bonds is 5. The quantitative estimate of drug-likeness (QED) is 0.497. The van der Waals surface area contributed by atoms with Gasteiger partial charge in [-0.3, -0.25) is 9.69 Å². The average molecular weight is 450 g/mol. The summed E-state index contributed by atoms with van der Waals surface area (Å²) >= 11 is 0. The molecular weight excluding hydrogens is 431 g/mol. The molecule has 5 rings (SSSR count). The Morgan fingerprint density at radius 2 is 2.09 bits per heavy atom. The number of cyclic esters (lactones) is 1. The van der Waals surface area contributed by atoms with Crippen LogP contribution in [0.4, 0.5) is 14.9 Å². The van der Waals surface area contributed by atoms with Gasteiger partial charge in [0.1, 0.15) is 23.3 Å². The van der Waals surface area contributed by atoms with Gasteiger partial charge in [0.15, 0.2) is 0 Å². The molecule has 2 amide bonds. The Morgan fingerprint density at radius 3 is 2.82 bits per heavy atom. The monoisotopic (exact) mass is 450 g/mol. The lowest BCUT2D eigenvalue weighted by molar-refractivity contribution is -0.119. The van der Waals surface area contributed by atoms with Gasteiger partial charge in [-0.1, -0.05) is 5.16 Å². The van der Waals surface area contributed by atoms with Crippen molar-refractivity contribution in [3.63, 3.8) is 0 Å². The Morgan fingerprint density at radius 1 is 1.24 bits per heavy atom. The molecule has 1 aliphatic heterocycles. The first kappa shape index (κ1) is 20.6. The van der Waals surface area contributed by atoms with Crippen LogP contribution < -0.4 is 10.2 Å². The van der Waals surface area contributed by atoms with Gasteiger partial charge in [0.25, 0.3) is 0 Å². The molecule has 33 heavy (non-hydrogen) atoms. The van der Waals surface area contributed by atoms with Crippen LogP contribution in [0.3, 0.4) is 0 Å². The SMILES string of the molecule is CC(=O)NC[C@H]1CN(c2ccc(-c3ccc4nc(-c5noc(C)n5)cn4c3)c(F)c2)C(=O)O1. The van der Waals surface area contributed by atoms with Crippen molar-refractivity contribution in [1.82, 2.24) is 24.8 Å². The third-order valence-corrected chi connectivity index (χ3v) is 5.24. The van der Waals surface area contributed by atoms with Crippen molar-refractivity contribution in [2.24, 2.45) is 0 Å². The smallest absolute Gasteiger partial charge is 0.414 e. The number of imidazole rings is 1. The van der Waals surface area contributed by atoms with Crippen LogP contribution in [0.2, 0.25) is 0 Å². The number of benzene rings is 1. The standard InChI is InChI=1S/C22H19FN6O4/c1-12(30)24-8-16-10-29(22(31)32-16)15-4-5-17(18(23)7-15)14-3-6-20-26-19(11-28(20)9-14)21-25-13(2)33-27-21/h3-7,9,11,16H,8,10H2,1-2H3,(H,24,30)/t16-/m0/s1. The van der Waals surface area contributed by atoms with E-state index in [9.17, 15) is 9.59 Å². The number of aromatic nitrogens is 4. The second-order valence-electron chi connectivity index (χ2n) is 7.66. The summed E-state index contributed by atoms with van der Waals surface area (Å²) in [4.78, 5) is 33.3. The Hall–Kier alpha value is -4.28. The van der Waals surface area contributed by atoms with Gasteiger partial charge in [0, 0.05) is 37.4 Å². The fourth-order valence-corrected chi connectivity index (χ4v) is 3.66. The molecule has 4 aromatic rings. The normalized spacial score (nSPS) is 15.8. The minimum Gasteiger partial charge on any atom is -0.442 e. The van der Waals surface area contributed by atoms with Gasteiger partial charge >= 0.3 is 6.09 Å². The first-order valence-corrected chi connectivity index (χ1v) is 10.2. The lowest BCUT2D eigenvalue weighted by Gasteiger charge is -2.14. The van der Waals surface area contributed by atoms with Gasteiger partial charge in [-0.05, 0) is 30.3 Å². The first-order valence-electron chi connectivity index (χ1n) is 10.2. The minimum atomic E-state index is -0.582. The molecule has 0 unspecified atom stereocenters. The van der Waals surface area contributed by atoms with E-state index in [2.05, 4.69) is 20.4 Å². The number of nitrogens with one attached hydrogen (secondary N) is 1. The molecule has 10 nitrogen and oxygen atoms in total. The molecule has 0 radical (unpaired) electrons. The number of aryl methyl sites for hydroxylation is 1. The highest BCUT2D eigenvalue weighted by molar-refractivity contribution is 5.90. The summed E-state index contributed by atoms with van der Waals surface area (Å²) in [7, 11) is 0. The molecule has 1 saturated heterocycles. The second-order valence-corrected chi connectivity index (χ2v) is 7.66. The highest BCUT2D eigenvalue weighted by Gasteiger charge is 2.32. The molecule has 3 aromatic heterocycles. The maximum Gasteiger partial charge on any atom is 0.414 e. The number of nitrogens with zero attached hydrogens (tertiary/aromatic N) is 5. The molecule has 0 spiro atoms. The number of fused-ring (bicyclic) bond motifs is 1. The van der Waals surface area contributed by atoms with Crippen LogP contribution in [-0.2, 0) is 9.53 Å². The van der Waals surface area contributed by atoms with E-state index in [4.69, 9.17) is 9.26 Å². The van der Waals surface area contributed by atoms with Crippen LogP contribution in [-0.4, -0.2) is 50.7 Å². The van der Waals surface area contributed by atoms with Crippen LogP contribution in [0.1, 0.15) is 12.8 Å². The van der Waals surface area contributed by atoms with Crippen LogP contribution in [0.25, 0.3) is 28.3 Å². The van der Waals surface area contributed by atoms with Crippen LogP contribution in [0.5, 0.6) is 0 Å². The van der Waals surface area contributed by atoms with Crippen LogP contribution >= 0.6 is 0 Å². The molecule has 1 aliphatic rings. The molecule has 1 fully saturated rings. The molecule has 0 aliphatic carbocycles. The highest BCUT2D eigenvalue weighted by atomic mass is 19.1. The summed E-state index contributed by atoms with van der Waals surface area (Å²) in [6.45, 7) is 3.50. The molecule has 0 saturated carbocycles. The number of carbonyl (C=O) groups is 2. The lowest BCUT2D eigenvalue weighted by atomic mass is 10.1. The maximum atomic E-state index is 15.0. The van der Waals surface area contributed by atoms with Crippen molar-refractivity contribution in [1.29, 1.82) is 0 Å². The number of hydrogen-bond acceptors (Lipinski definition) is 7. The van der Waals surface area contributed by atoms with Gasteiger partial charge in [-0.15, -0.1) is 0 Å². The van der Waals surface area contributed by atoms with E-state index in [1.807, 2.05) is 0 Å². The highest BCUT2D eigenvalue weighted by Crippen LogP contribution is 2.30. The zero-order valence-electron chi connectivity index (χ0n) is 17.8. The summed E-state index contributed by atoms with van der Waals surface area (Å²) in [6.07, 6.45) is 2.42. The number of pyridine rings is 1. The molecule has 11 heteroatoms. The number of halogens is 1. The average Bonchev–Trinajstić information content (AvgIpc) is 3.49. The van der Waals surface area contributed by atoms with Crippen LogP contribution in [0.15, 0.2) is 47.2 Å². The van der Waals surface area contributed by atoms with E-state index in [-0.39, 0.29) is 19.0 Å². The largest absolute Gasteiger partial charge is 0.442 e. The number of hydrogen-bond donors (Lipinski definition) is 1. The molecule has 1 atom stereocenters. The van der Waals surface area contributed by atoms with E-state index in [1.54, 1.807) is 48.0 Å². The molecule has 1 aromatic carbocycles. The fraction of sp³-hybridized carbons (Fsp3) is 0.227. The fourth-order valence-electron chi connectivity index (χ4n) is 3.66. The molecule has 0 bridgehead atoms. The zero-order valence-corrected chi connectivity index (χ0v) is 17.8. The topological polar surface area (TPSA) is 115 Å². The van der Waals surface area contributed by atoms with Gasteiger partial charge < -0.3 is 19.0 Å². The third kappa shape index (κ3) is 4.00. The zero-order chi connectivity index (χ0) is 23.1. The van der Waals surface area contributed by atoms with Crippen molar-refractivity contribution in [3.8, 4) is 22.6 Å². The number of ether oxygens (including phenoxy) is 1. The van der Waals surface area contributed by atoms with Gasteiger partial charge in [-0.2, -0.15) is 4.98 Å². The summed E-state index contributed by atoms with van der Waals surface area (Å²) in [5.74, 6) is 0.115. The lowest BCUT2D eigenvalue weighted by Crippen LogP contribution is -2.33. The summed E-state index contributed by atoms with van der Waals surface area (Å²) in [5, 5.41) is 6.48. The number of amides is 2. The van der Waals surface area contributed by atoms with Crippen molar-refractivity contribution in [2.45, 2.75) is 20.0 Å². The summed E-state index contributed by atoms with van der Waals surface area (Å²) in [6, 6.07) is 8.10. The van der Waals surface area contributed by atoms with E-state index in [1.165, 1.54) is 17.9 Å². The maximum absolute atomic E-state index is 15.0. The molecule has 4 heterocycles.